The van der Waals surface area contributed by atoms with Crippen LogP contribution in [0.5, 0.6) is 0 Å². The predicted molar refractivity (Wildman–Crippen MR) is 116 cm³/mol. The molecule has 32 heavy (non-hydrogen) atoms. The second-order valence-electron chi connectivity index (χ2n) is 7.32. The van der Waals surface area contributed by atoms with Gasteiger partial charge in [-0.3, -0.25) is 0 Å². The van der Waals surface area contributed by atoms with Crippen LogP contribution in [0.1, 0.15) is 16.7 Å². The summed E-state index contributed by atoms with van der Waals surface area (Å²) in [6.45, 7) is -0.769. The van der Waals surface area contributed by atoms with E-state index < -0.39 is 31.0 Å². The van der Waals surface area contributed by atoms with E-state index in [9.17, 15) is 8.78 Å². The third kappa shape index (κ3) is 4.56. The highest BCUT2D eigenvalue weighted by atomic mass is 19.3. The van der Waals surface area contributed by atoms with E-state index >= 15 is 8.78 Å². The first-order chi connectivity index (χ1) is 15.4. The number of hydrogen-bond donors (Lipinski definition) is 0. The van der Waals surface area contributed by atoms with Gasteiger partial charge in [-0.15, -0.1) is 0 Å². The molecule has 0 spiro atoms. The number of rotatable bonds is 4. The minimum absolute atomic E-state index is 0.0945. The quantitative estimate of drug-likeness (QED) is 0.400. The van der Waals surface area contributed by atoms with Gasteiger partial charge in [0.15, 0.2) is 11.6 Å². The number of anilines is 2. The SMILES string of the molecule is CN1c2ccccc2CN(c2c(F)cc(C#Cc3ccccc3)cc2F)C1OCC(F)F. The van der Waals surface area contributed by atoms with Crippen molar-refractivity contribution < 1.29 is 22.3 Å². The van der Waals surface area contributed by atoms with Crippen molar-refractivity contribution in [3.63, 3.8) is 0 Å². The number of alkyl halides is 2. The van der Waals surface area contributed by atoms with Crippen LogP contribution < -0.4 is 9.80 Å². The van der Waals surface area contributed by atoms with Crippen molar-refractivity contribution in [1.29, 1.82) is 0 Å². The molecule has 0 saturated heterocycles. The molecule has 0 radical (unpaired) electrons. The Bertz CT molecular complexity index is 1130. The van der Waals surface area contributed by atoms with Gasteiger partial charge in [0.2, 0.25) is 6.35 Å². The van der Waals surface area contributed by atoms with E-state index in [2.05, 4.69) is 11.8 Å². The molecule has 1 unspecified atom stereocenters. The molecule has 1 atom stereocenters. The molecule has 1 aliphatic rings. The summed E-state index contributed by atoms with van der Waals surface area (Å²) in [5.41, 5.74) is 2.07. The Morgan fingerprint density at radius 3 is 2.25 bits per heavy atom. The van der Waals surface area contributed by atoms with E-state index in [1.54, 1.807) is 42.3 Å². The van der Waals surface area contributed by atoms with Crippen molar-refractivity contribution in [2.45, 2.75) is 19.3 Å². The van der Waals surface area contributed by atoms with Gasteiger partial charge >= 0.3 is 0 Å². The molecular formula is C25H20F4N2O. The van der Waals surface area contributed by atoms with E-state index in [4.69, 9.17) is 4.74 Å². The second kappa shape index (κ2) is 9.33. The Balaban J connectivity index is 1.71. The molecule has 7 heteroatoms. The van der Waals surface area contributed by atoms with Crippen LogP contribution in [0, 0.1) is 23.5 Å². The lowest BCUT2D eigenvalue weighted by atomic mass is 10.1. The average molecular weight is 440 g/mol. The molecule has 1 heterocycles. The molecule has 0 amide bonds. The first-order valence-electron chi connectivity index (χ1n) is 9.97. The number of hydrogen-bond acceptors (Lipinski definition) is 3. The average Bonchev–Trinajstić information content (AvgIpc) is 2.77. The number of nitrogens with zero attached hydrogens (tertiary/aromatic N) is 2. The molecular weight excluding hydrogens is 420 g/mol. The summed E-state index contributed by atoms with van der Waals surface area (Å²) in [5, 5.41) is 0. The summed E-state index contributed by atoms with van der Waals surface area (Å²) in [7, 11) is 1.64. The molecule has 1 aliphatic heterocycles. The topological polar surface area (TPSA) is 15.7 Å². The Morgan fingerprint density at radius 1 is 0.938 bits per heavy atom. The van der Waals surface area contributed by atoms with Crippen molar-refractivity contribution in [1.82, 2.24) is 0 Å². The maximum absolute atomic E-state index is 15.1. The van der Waals surface area contributed by atoms with Crippen molar-refractivity contribution in [2.24, 2.45) is 0 Å². The van der Waals surface area contributed by atoms with E-state index in [1.807, 2.05) is 24.3 Å². The Labute approximate surface area is 183 Å². The monoisotopic (exact) mass is 440 g/mol. The third-order valence-electron chi connectivity index (χ3n) is 5.11. The van der Waals surface area contributed by atoms with Gasteiger partial charge in [0, 0.05) is 30.4 Å². The minimum Gasteiger partial charge on any atom is -0.334 e. The zero-order chi connectivity index (χ0) is 22.7. The highest BCUT2D eigenvalue weighted by molar-refractivity contribution is 5.63. The lowest BCUT2D eigenvalue weighted by Crippen LogP contribution is -2.53. The van der Waals surface area contributed by atoms with Gasteiger partial charge in [0.25, 0.3) is 6.43 Å². The van der Waals surface area contributed by atoms with Crippen LogP contribution in [0.15, 0.2) is 66.7 Å². The van der Waals surface area contributed by atoms with Crippen LogP contribution in [0.2, 0.25) is 0 Å². The van der Waals surface area contributed by atoms with Gasteiger partial charge < -0.3 is 14.5 Å². The van der Waals surface area contributed by atoms with Crippen molar-refractivity contribution in [2.75, 3.05) is 23.5 Å². The van der Waals surface area contributed by atoms with Crippen LogP contribution >= 0.6 is 0 Å². The van der Waals surface area contributed by atoms with Crippen molar-refractivity contribution in [3.8, 4) is 11.8 Å². The summed E-state index contributed by atoms with van der Waals surface area (Å²) in [4.78, 5) is 2.90. The summed E-state index contributed by atoms with van der Waals surface area (Å²) >= 11 is 0. The van der Waals surface area contributed by atoms with Gasteiger partial charge in [-0.2, -0.15) is 0 Å². The van der Waals surface area contributed by atoms with E-state index in [0.717, 1.165) is 23.4 Å². The first kappa shape index (κ1) is 21.7. The first-order valence-corrected chi connectivity index (χ1v) is 9.97. The van der Waals surface area contributed by atoms with Crippen molar-refractivity contribution >= 4 is 11.4 Å². The zero-order valence-electron chi connectivity index (χ0n) is 17.2. The molecule has 4 rings (SSSR count). The van der Waals surface area contributed by atoms with E-state index in [-0.39, 0.29) is 17.8 Å². The molecule has 0 aliphatic carbocycles. The summed E-state index contributed by atoms with van der Waals surface area (Å²) in [6.07, 6.45) is -3.82. The highest BCUT2D eigenvalue weighted by Crippen LogP contribution is 2.36. The number of ether oxygens (including phenoxy) is 1. The smallest absolute Gasteiger partial charge is 0.261 e. The number of para-hydroxylation sites is 1. The molecule has 3 aromatic rings. The van der Waals surface area contributed by atoms with Gasteiger partial charge in [0.05, 0.1) is 0 Å². The van der Waals surface area contributed by atoms with Gasteiger partial charge in [-0.1, -0.05) is 48.2 Å². The predicted octanol–water partition coefficient (Wildman–Crippen LogP) is 5.39. The number of halogens is 4. The number of fused-ring (bicyclic) bond motifs is 1. The molecule has 3 nitrogen and oxygen atoms in total. The lowest BCUT2D eigenvalue weighted by molar-refractivity contribution is -0.0266. The number of benzene rings is 3. The minimum atomic E-state index is -2.72. The van der Waals surface area contributed by atoms with Crippen molar-refractivity contribution in [3.05, 3.63) is 95.1 Å². The fourth-order valence-corrected chi connectivity index (χ4v) is 3.71. The van der Waals surface area contributed by atoms with Gasteiger partial charge in [-0.25, -0.2) is 17.6 Å². The highest BCUT2D eigenvalue weighted by Gasteiger charge is 2.34. The summed E-state index contributed by atoms with van der Waals surface area (Å²) in [6, 6.07) is 18.6. The Kier molecular flexibility index (Phi) is 6.33. The molecule has 0 saturated carbocycles. The summed E-state index contributed by atoms with van der Waals surface area (Å²) < 4.78 is 61.3. The molecule has 0 fully saturated rings. The molecule has 3 aromatic carbocycles. The molecule has 164 valence electrons. The maximum Gasteiger partial charge on any atom is 0.261 e. The second-order valence-corrected chi connectivity index (χ2v) is 7.32. The molecule has 0 bridgehead atoms. The van der Waals surface area contributed by atoms with Crippen LogP contribution in [0.3, 0.4) is 0 Å². The Hall–Kier alpha value is -3.50. The zero-order valence-corrected chi connectivity index (χ0v) is 17.2. The van der Waals surface area contributed by atoms with Crippen LogP contribution in [0.25, 0.3) is 0 Å². The third-order valence-corrected chi connectivity index (χ3v) is 5.11. The van der Waals surface area contributed by atoms with Crippen LogP contribution in [0.4, 0.5) is 28.9 Å². The fraction of sp³-hybridized carbons (Fsp3) is 0.200. The Morgan fingerprint density at radius 2 is 1.56 bits per heavy atom. The largest absolute Gasteiger partial charge is 0.334 e. The summed E-state index contributed by atoms with van der Waals surface area (Å²) in [5.74, 6) is 3.93. The van der Waals surface area contributed by atoms with Crippen LogP contribution in [-0.4, -0.2) is 26.4 Å². The van der Waals surface area contributed by atoms with Crippen LogP contribution in [-0.2, 0) is 11.3 Å². The maximum atomic E-state index is 15.1. The molecule has 0 aromatic heterocycles. The lowest BCUT2D eigenvalue weighted by Gasteiger charge is -2.44. The standard InChI is InChI=1S/C25H20F4N2O/c1-30-22-10-6-5-9-19(22)15-31(25(30)32-16-23(28)29)24-20(26)13-18(14-21(24)27)12-11-17-7-3-2-4-8-17/h2-10,13-14,23,25H,15-16H2,1H3. The normalized spacial score (nSPS) is 15.4. The van der Waals surface area contributed by atoms with E-state index in [1.165, 1.54) is 4.90 Å². The van der Waals surface area contributed by atoms with Gasteiger partial charge in [-0.05, 0) is 35.9 Å². The van der Waals surface area contributed by atoms with Gasteiger partial charge in [0.1, 0.15) is 12.3 Å². The fourth-order valence-electron chi connectivity index (χ4n) is 3.71. The molecule has 0 N–H and O–H groups in total. The van der Waals surface area contributed by atoms with E-state index in [0.29, 0.717) is 5.56 Å².